The van der Waals surface area contributed by atoms with Gasteiger partial charge in [0.1, 0.15) is 10.7 Å². The summed E-state index contributed by atoms with van der Waals surface area (Å²) in [5, 5.41) is 0. The minimum atomic E-state index is -3.74. The highest BCUT2D eigenvalue weighted by Gasteiger charge is 2.34. The summed E-state index contributed by atoms with van der Waals surface area (Å²) in [7, 11) is -3.74. The van der Waals surface area contributed by atoms with Gasteiger partial charge in [-0.15, -0.1) is 0 Å². The van der Waals surface area contributed by atoms with Gasteiger partial charge in [-0.2, -0.15) is 4.31 Å². The number of hydrogen-bond donors (Lipinski definition) is 0. The lowest BCUT2D eigenvalue weighted by Gasteiger charge is -2.35. The topological polar surface area (TPSA) is 37.4 Å². The van der Waals surface area contributed by atoms with Gasteiger partial charge < -0.3 is 0 Å². The van der Waals surface area contributed by atoms with Gasteiger partial charge in [-0.05, 0) is 43.9 Å². The third-order valence-electron chi connectivity index (χ3n) is 3.56. The monoisotopic (exact) mass is 349 g/mol. The molecule has 3 nitrogen and oxygen atoms in total. The van der Waals surface area contributed by atoms with Crippen molar-refractivity contribution >= 4 is 26.0 Å². The third-order valence-corrected chi connectivity index (χ3v) is 6.10. The second kappa shape index (κ2) is 5.50. The largest absolute Gasteiger partial charge is 0.246 e. The first-order valence-corrected chi connectivity index (χ1v) is 8.52. The van der Waals surface area contributed by atoms with Crippen molar-refractivity contribution in [1.82, 2.24) is 4.31 Å². The van der Waals surface area contributed by atoms with Gasteiger partial charge in [0.2, 0.25) is 10.0 Å². The van der Waals surface area contributed by atoms with Crippen molar-refractivity contribution in [1.29, 1.82) is 0 Å². The van der Waals surface area contributed by atoms with Crippen molar-refractivity contribution in [3.8, 4) is 0 Å². The molecule has 1 aromatic carbocycles. The van der Waals surface area contributed by atoms with Crippen molar-refractivity contribution in [3.63, 3.8) is 0 Å². The van der Waals surface area contributed by atoms with Crippen LogP contribution in [0.1, 0.15) is 26.7 Å². The molecular formula is C13H17BrFNO2S. The van der Waals surface area contributed by atoms with E-state index < -0.39 is 15.8 Å². The minimum absolute atomic E-state index is 0.0863. The van der Waals surface area contributed by atoms with Crippen LogP contribution >= 0.6 is 15.9 Å². The highest BCUT2D eigenvalue weighted by atomic mass is 79.9. The van der Waals surface area contributed by atoms with E-state index in [4.69, 9.17) is 0 Å². The van der Waals surface area contributed by atoms with Gasteiger partial charge in [0, 0.05) is 17.1 Å². The predicted octanol–water partition coefficient (Wildman–Crippen LogP) is 3.40. The van der Waals surface area contributed by atoms with E-state index in [0.717, 1.165) is 12.8 Å². The number of hydrogen-bond acceptors (Lipinski definition) is 2. The van der Waals surface area contributed by atoms with Gasteiger partial charge in [-0.3, -0.25) is 0 Å². The Kier molecular flexibility index (Phi) is 4.32. The zero-order chi connectivity index (χ0) is 14.2. The molecule has 0 saturated carbocycles. The second-order valence-corrected chi connectivity index (χ2v) is 7.94. The molecule has 106 valence electrons. The molecule has 2 unspecified atom stereocenters. The molecule has 1 heterocycles. The van der Waals surface area contributed by atoms with Gasteiger partial charge in [0.25, 0.3) is 0 Å². The standard InChI is InChI=1S/C13H17BrFNO2S/c1-9-5-6-16(10(2)7-9)19(17,18)13-4-3-11(14)8-12(13)15/h3-4,8-10H,5-7H2,1-2H3. The van der Waals surface area contributed by atoms with Crippen molar-refractivity contribution in [2.24, 2.45) is 5.92 Å². The van der Waals surface area contributed by atoms with Gasteiger partial charge in [-0.25, -0.2) is 12.8 Å². The number of halogens is 2. The van der Waals surface area contributed by atoms with Gasteiger partial charge in [0.05, 0.1) is 0 Å². The van der Waals surface area contributed by atoms with Crippen LogP contribution in [-0.2, 0) is 10.0 Å². The maximum Gasteiger partial charge on any atom is 0.246 e. The van der Waals surface area contributed by atoms with E-state index in [1.54, 1.807) is 6.07 Å². The van der Waals surface area contributed by atoms with Crippen LogP contribution in [0.5, 0.6) is 0 Å². The SMILES string of the molecule is CC1CCN(S(=O)(=O)c2ccc(Br)cc2F)C(C)C1. The lowest BCUT2D eigenvalue weighted by atomic mass is 9.95. The van der Waals surface area contributed by atoms with E-state index in [2.05, 4.69) is 22.9 Å². The van der Waals surface area contributed by atoms with E-state index in [1.165, 1.54) is 16.4 Å². The van der Waals surface area contributed by atoms with Crippen molar-refractivity contribution in [3.05, 3.63) is 28.5 Å². The Hall–Kier alpha value is -0.460. The summed E-state index contributed by atoms with van der Waals surface area (Å²) < 4.78 is 40.8. The van der Waals surface area contributed by atoms with Gasteiger partial charge in [-0.1, -0.05) is 22.9 Å². The van der Waals surface area contributed by atoms with Crippen LogP contribution in [0.3, 0.4) is 0 Å². The van der Waals surface area contributed by atoms with Crippen LogP contribution in [0.25, 0.3) is 0 Å². The quantitative estimate of drug-likeness (QED) is 0.820. The Morgan fingerprint density at radius 1 is 1.37 bits per heavy atom. The number of benzene rings is 1. The third kappa shape index (κ3) is 3.01. The summed E-state index contributed by atoms with van der Waals surface area (Å²) in [4.78, 5) is -0.239. The Balaban J connectivity index is 2.37. The lowest BCUT2D eigenvalue weighted by Crippen LogP contribution is -2.44. The van der Waals surface area contributed by atoms with E-state index >= 15 is 0 Å². The fourth-order valence-corrected chi connectivity index (χ4v) is 4.59. The first-order chi connectivity index (χ1) is 8.82. The first kappa shape index (κ1) is 14.9. The predicted molar refractivity (Wildman–Crippen MR) is 75.9 cm³/mol. The van der Waals surface area contributed by atoms with E-state index in [1.807, 2.05) is 6.92 Å². The molecule has 0 bridgehead atoms. The molecule has 1 aliphatic rings. The average Bonchev–Trinajstić information content (AvgIpc) is 2.27. The fourth-order valence-electron chi connectivity index (χ4n) is 2.55. The molecule has 0 amide bonds. The second-order valence-electron chi connectivity index (χ2n) is 5.17. The Morgan fingerprint density at radius 3 is 2.63 bits per heavy atom. The molecule has 0 N–H and O–H groups in total. The zero-order valence-electron chi connectivity index (χ0n) is 10.9. The zero-order valence-corrected chi connectivity index (χ0v) is 13.3. The smallest absolute Gasteiger partial charge is 0.207 e. The Labute approximate surface area is 122 Å². The molecule has 1 saturated heterocycles. The normalized spacial score (nSPS) is 25.5. The van der Waals surface area contributed by atoms with Crippen LogP contribution < -0.4 is 0 Å². The first-order valence-electron chi connectivity index (χ1n) is 6.29. The van der Waals surface area contributed by atoms with Crippen molar-refractivity contribution in [2.75, 3.05) is 6.54 Å². The lowest BCUT2D eigenvalue weighted by molar-refractivity contribution is 0.219. The van der Waals surface area contributed by atoms with E-state index in [-0.39, 0.29) is 10.9 Å². The van der Waals surface area contributed by atoms with Gasteiger partial charge in [0.15, 0.2) is 0 Å². The molecule has 0 spiro atoms. The molecule has 2 rings (SSSR count). The van der Waals surface area contributed by atoms with Gasteiger partial charge >= 0.3 is 0 Å². The Bertz CT molecular complexity index is 576. The maximum atomic E-state index is 13.9. The highest BCUT2D eigenvalue weighted by molar-refractivity contribution is 9.10. The average molecular weight is 350 g/mol. The molecule has 1 aromatic rings. The van der Waals surface area contributed by atoms with Crippen LogP contribution in [0, 0.1) is 11.7 Å². The fraction of sp³-hybridized carbons (Fsp3) is 0.538. The summed E-state index contributed by atoms with van der Waals surface area (Å²) in [6.45, 7) is 4.45. The molecule has 0 aliphatic carbocycles. The molecule has 1 aliphatic heterocycles. The van der Waals surface area contributed by atoms with Crippen LogP contribution in [0.4, 0.5) is 4.39 Å². The van der Waals surface area contributed by atoms with Crippen LogP contribution in [0.15, 0.2) is 27.6 Å². The van der Waals surface area contributed by atoms with E-state index in [0.29, 0.717) is 16.9 Å². The van der Waals surface area contributed by atoms with Crippen molar-refractivity contribution < 1.29 is 12.8 Å². The molecular weight excluding hydrogens is 333 g/mol. The summed E-state index contributed by atoms with van der Waals surface area (Å²) >= 11 is 3.13. The molecule has 6 heteroatoms. The number of piperidine rings is 1. The molecule has 1 fully saturated rings. The summed E-state index contributed by atoms with van der Waals surface area (Å²) in [5.74, 6) is -0.198. The van der Waals surface area contributed by atoms with Crippen molar-refractivity contribution in [2.45, 2.75) is 37.6 Å². The molecule has 0 aromatic heterocycles. The number of nitrogens with zero attached hydrogens (tertiary/aromatic N) is 1. The summed E-state index contributed by atoms with van der Waals surface area (Å²) in [5.41, 5.74) is 0. The molecule has 2 atom stereocenters. The maximum absolute atomic E-state index is 13.9. The molecule has 19 heavy (non-hydrogen) atoms. The highest BCUT2D eigenvalue weighted by Crippen LogP contribution is 2.29. The summed E-state index contributed by atoms with van der Waals surface area (Å²) in [6.07, 6.45) is 1.64. The Morgan fingerprint density at radius 2 is 2.05 bits per heavy atom. The van der Waals surface area contributed by atoms with E-state index in [9.17, 15) is 12.8 Å². The van der Waals surface area contributed by atoms with Crippen LogP contribution in [-0.4, -0.2) is 25.3 Å². The molecule has 0 radical (unpaired) electrons. The number of sulfonamides is 1. The summed E-state index contributed by atoms with van der Waals surface area (Å²) in [6, 6.07) is 3.97. The minimum Gasteiger partial charge on any atom is -0.207 e. The number of rotatable bonds is 2. The van der Waals surface area contributed by atoms with Crippen LogP contribution in [0.2, 0.25) is 0 Å².